The smallest absolute Gasteiger partial charge is 0.338 e. The van der Waals surface area contributed by atoms with Crippen LogP contribution in [0.1, 0.15) is 29.3 Å². The van der Waals surface area contributed by atoms with Crippen LogP contribution in [0, 0.1) is 0 Å². The molecule has 1 unspecified atom stereocenters. The lowest BCUT2D eigenvalue weighted by atomic mass is 10.1. The van der Waals surface area contributed by atoms with Gasteiger partial charge in [-0.2, -0.15) is 0 Å². The molecule has 0 aliphatic carbocycles. The Morgan fingerprint density at radius 1 is 1.00 bits per heavy atom. The Bertz CT molecular complexity index is 1270. The third kappa shape index (κ3) is 5.72. The first-order valence-corrected chi connectivity index (χ1v) is 12.2. The van der Waals surface area contributed by atoms with E-state index in [-0.39, 0.29) is 30.0 Å². The van der Waals surface area contributed by atoms with Gasteiger partial charge in [0.2, 0.25) is 5.91 Å². The first kappa shape index (κ1) is 25.3. The Morgan fingerprint density at radius 3 is 2.31 bits per heavy atom. The average molecular weight is 522 g/mol. The van der Waals surface area contributed by atoms with E-state index in [1.165, 1.54) is 4.90 Å². The molecule has 184 valence electrons. The number of hydrogen-bond acceptors (Lipinski definition) is 5. The summed E-state index contributed by atoms with van der Waals surface area (Å²) in [6, 6.07) is 22.0. The second-order valence-corrected chi connectivity index (χ2v) is 8.91. The van der Waals surface area contributed by atoms with E-state index in [1.807, 2.05) is 30.3 Å². The summed E-state index contributed by atoms with van der Waals surface area (Å²) in [5.41, 5.74) is 2.42. The fraction of sp³-hybridized carbons (Fsp3) is 0.185. The van der Waals surface area contributed by atoms with Crippen molar-refractivity contribution in [1.29, 1.82) is 0 Å². The number of benzene rings is 3. The number of esters is 1. The van der Waals surface area contributed by atoms with E-state index in [0.29, 0.717) is 28.5 Å². The van der Waals surface area contributed by atoms with Crippen LogP contribution in [0.2, 0.25) is 5.02 Å². The highest BCUT2D eigenvalue weighted by atomic mass is 35.5. The molecule has 3 aromatic rings. The minimum atomic E-state index is -0.797. The molecule has 1 heterocycles. The fourth-order valence-corrected chi connectivity index (χ4v) is 4.43. The first-order valence-electron chi connectivity index (χ1n) is 11.4. The zero-order chi connectivity index (χ0) is 25.7. The van der Waals surface area contributed by atoms with Gasteiger partial charge in [0.15, 0.2) is 5.11 Å². The molecule has 1 fully saturated rings. The van der Waals surface area contributed by atoms with Gasteiger partial charge < -0.3 is 15.0 Å². The minimum Gasteiger partial charge on any atom is -0.462 e. The normalized spacial score (nSPS) is 15.2. The van der Waals surface area contributed by atoms with Crippen molar-refractivity contribution in [3.8, 4) is 0 Å². The summed E-state index contributed by atoms with van der Waals surface area (Å²) in [5.74, 6) is -1.08. The number of carbonyl (C=O) groups excluding carboxylic acids is 3. The highest BCUT2D eigenvalue weighted by Crippen LogP contribution is 2.29. The first-order chi connectivity index (χ1) is 17.4. The van der Waals surface area contributed by atoms with Crippen molar-refractivity contribution < 1.29 is 19.1 Å². The van der Waals surface area contributed by atoms with E-state index >= 15 is 0 Å². The lowest BCUT2D eigenvalue weighted by Gasteiger charge is -2.24. The number of thiocarbonyl (C=S) groups is 1. The Balaban J connectivity index is 1.58. The summed E-state index contributed by atoms with van der Waals surface area (Å²) < 4.78 is 5.03. The van der Waals surface area contributed by atoms with Crippen LogP contribution in [-0.4, -0.2) is 40.4 Å². The molecule has 1 aliphatic rings. The van der Waals surface area contributed by atoms with E-state index in [9.17, 15) is 14.4 Å². The van der Waals surface area contributed by atoms with Crippen molar-refractivity contribution in [3.63, 3.8) is 0 Å². The van der Waals surface area contributed by atoms with Crippen LogP contribution in [-0.2, 0) is 20.9 Å². The maximum absolute atomic E-state index is 13.6. The van der Waals surface area contributed by atoms with E-state index < -0.39 is 12.0 Å². The molecular weight excluding hydrogens is 498 g/mol. The molecule has 9 heteroatoms. The molecule has 36 heavy (non-hydrogen) atoms. The number of rotatable bonds is 8. The zero-order valence-electron chi connectivity index (χ0n) is 19.5. The maximum Gasteiger partial charge on any atom is 0.338 e. The zero-order valence-corrected chi connectivity index (χ0v) is 21.1. The lowest BCUT2D eigenvalue weighted by molar-refractivity contribution is -0.124. The van der Waals surface area contributed by atoms with E-state index in [0.717, 1.165) is 5.56 Å². The van der Waals surface area contributed by atoms with Gasteiger partial charge in [0.25, 0.3) is 5.91 Å². The van der Waals surface area contributed by atoms with Crippen LogP contribution in [0.3, 0.4) is 0 Å². The van der Waals surface area contributed by atoms with Crippen molar-refractivity contribution in [2.45, 2.75) is 25.9 Å². The molecular formula is C27H24ClN3O4S. The Labute approximate surface area is 219 Å². The van der Waals surface area contributed by atoms with Gasteiger partial charge in [0.05, 0.1) is 24.3 Å². The molecule has 0 bridgehead atoms. The summed E-state index contributed by atoms with van der Waals surface area (Å²) in [5, 5.41) is 3.66. The van der Waals surface area contributed by atoms with Gasteiger partial charge in [-0.15, -0.1) is 0 Å². The average Bonchev–Trinajstić information content (AvgIpc) is 3.10. The van der Waals surface area contributed by atoms with Gasteiger partial charge in [0, 0.05) is 17.3 Å². The predicted molar refractivity (Wildman–Crippen MR) is 143 cm³/mol. The standard InChI is InChI=1S/C27H24ClN3O4S/c1-2-35-26(34)19-8-14-22(15-9-19)31-25(33)23(16-24(32)29-21-12-10-20(28)11-13-21)30(27(31)36)17-18-6-4-3-5-7-18/h3-15,23H,2,16-17H2,1H3,(H,29,32). The quantitative estimate of drug-likeness (QED) is 0.330. The SMILES string of the molecule is CCOC(=O)c1ccc(N2C(=O)C(CC(=O)Nc3ccc(Cl)cc3)N(Cc3ccccc3)C2=S)cc1. The Morgan fingerprint density at radius 2 is 1.67 bits per heavy atom. The number of ether oxygens (including phenoxy) is 1. The maximum atomic E-state index is 13.6. The molecule has 4 rings (SSSR count). The molecule has 2 amide bonds. The molecule has 7 nitrogen and oxygen atoms in total. The van der Waals surface area contributed by atoms with E-state index in [2.05, 4.69) is 5.32 Å². The topological polar surface area (TPSA) is 78.9 Å². The molecule has 1 atom stereocenters. The van der Waals surface area contributed by atoms with Crippen molar-refractivity contribution in [2.75, 3.05) is 16.8 Å². The van der Waals surface area contributed by atoms with Crippen molar-refractivity contribution in [2.24, 2.45) is 0 Å². The highest BCUT2D eigenvalue weighted by Gasteiger charge is 2.44. The number of nitrogens with one attached hydrogen (secondary N) is 1. The Kier molecular flexibility index (Phi) is 7.97. The molecule has 1 N–H and O–H groups in total. The summed E-state index contributed by atoms with van der Waals surface area (Å²) in [6.45, 7) is 2.36. The number of amides is 2. The van der Waals surface area contributed by atoms with Gasteiger partial charge in [-0.1, -0.05) is 41.9 Å². The summed E-state index contributed by atoms with van der Waals surface area (Å²) in [6.07, 6.45) is -0.0914. The number of carbonyl (C=O) groups is 3. The second kappa shape index (κ2) is 11.3. The van der Waals surface area contributed by atoms with Crippen LogP contribution in [0.25, 0.3) is 0 Å². The van der Waals surface area contributed by atoms with Crippen LogP contribution < -0.4 is 10.2 Å². The number of hydrogen-bond donors (Lipinski definition) is 1. The lowest BCUT2D eigenvalue weighted by Crippen LogP contribution is -2.37. The van der Waals surface area contributed by atoms with Crippen molar-refractivity contribution in [3.05, 3.63) is 95.0 Å². The van der Waals surface area contributed by atoms with Crippen molar-refractivity contribution >= 4 is 58.1 Å². The van der Waals surface area contributed by atoms with Crippen LogP contribution >= 0.6 is 23.8 Å². The molecule has 3 aromatic carbocycles. The van der Waals surface area contributed by atoms with Gasteiger partial charge in [-0.05, 0) is 73.2 Å². The van der Waals surface area contributed by atoms with Gasteiger partial charge in [0.1, 0.15) is 6.04 Å². The Hall–Kier alpha value is -3.75. The molecule has 0 spiro atoms. The summed E-state index contributed by atoms with van der Waals surface area (Å²) in [4.78, 5) is 41.7. The van der Waals surface area contributed by atoms with Gasteiger partial charge >= 0.3 is 5.97 Å². The second-order valence-electron chi connectivity index (χ2n) is 8.11. The summed E-state index contributed by atoms with van der Waals surface area (Å²) in [7, 11) is 0. The van der Waals surface area contributed by atoms with Crippen molar-refractivity contribution in [1.82, 2.24) is 4.90 Å². The monoisotopic (exact) mass is 521 g/mol. The van der Waals surface area contributed by atoms with E-state index in [1.54, 1.807) is 60.4 Å². The fourth-order valence-electron chi connectivity index (χ4n) is 3.91. The largest absolute Gasteiger partial charge is 0.462 e. The molecule has 0 aromatic heterocycles. The molecule has 1 saturated heterocycles. The van der Waals surface area contributed by atoms with Gasteiger partial charge in [-0.25, -0.2) is 4.79 Å². The van der Waals surface area contributed by atoms with Crippen LogP contribution in [0.15, 0.2) is 78.9 Å². The molecule has 0 saturated carbocycles. The predicted octanol–water partition coefficient (Wildman–Crippen LogP) is 5.05. The number of anilines is 2. The molecule has 0 radical (unpaired) electrons. The summed E-state index contributed by atoms with van der Waals surface area (Å²) >= 11 is 11.6. The number of halogens is 1. The van der Waals surface area contributed by atoms with Crippen LogP contribution in [0.5, 0.6) is 0 Å². The minimum absolute atomic E-state index is 0.0914. The number of nitrogens with zero attached hydrogens (tertiary/aromatic N) is 2. The van der Waals surface area contributed by atoms with Crippen LogP contribution in [0.4, 0.5) is 11.4 Å². The third-order valence-corrected chi connectivity index (χ3v) is 6.33. The third-order valence-electron chi connectivity index (χ3n) is 5.66. The van der Waals surface area contributed by atoms with E-state index in [4.69, 9.17) is 28.6 Å². The molecule has 1 aliphatic heterocycles. The highest BCUT2D eigenvalue weighted by molar-refractivity contribution is 7.80. The van der Waals surface area contributed by atoms with Gasteiger partial charge in [-0.3, -0.25) is 14.5 Å².